The molecule has 0 saturated carbocycles. The Kier molecular flexibility index (Phi) is 4.79. The monoisotopic (exact) mass is 270 g/mol. The number of rotatable bonds is 4. The number of aromatic nitrogens is 2. The fourth-order valence-corrected chi connectivity index (χ4v) is 3.23. The minimum absolute atomic E-state index is 0.545. The first kappa shape index (κ1) is 12.8. The molecule has 2 heterocycles. The van der Waals surface area contributed by atoms with Gasteiger partial charge < -0.3 is 10.6 Å². The summed E-state index contributed by atoms with van der Waals surface area (Å²) < 4.78 is 0. The van der Waals surface area contributed by atoms with E-state index in [1.807, 2.05) is 31.1 Å². The van der Waals surface area contributed by atoms with Crippen molar-refractivity contribution in [2.75, 3.05) is 35.4 Å². The molecule has 1 aliphatic heterocycles. The highest BCUT2D eigenvalue weighted by Crippen LogP contribution is 2.22. The summed E-state index contributed by atoms with van der Waals surface area (Å²) in [7, 11) is 1.88. The molecule has 0 spiro atoms. The lowest BCUT2D eigenvalue weighted by Gasteiger charge is -2.23. The van der Waals surface area contributed by atoms with Crippen LogP contribution in [-0.2, 0) is 0 Å². The zero-order chi connectivity index (χ0) is 12.1. The molecule has 0 amide bonds. The van der Waals surface area contributed by atoms with Gasteiger partial charge in [-0.2, -0.15) is 11.8 Å². The molecule has 1 aromatic rings. The Morgan fingerprint density at radius 2 is 2.24 bits per heavy atom. The van der Waals surface area contributed by atoms with Crippen LogP contribution in [0.2, 0.25) is 0 Å². The van der Waals surface area contributed by atoms with Gasteiger partial charge in [0.1, 0.15) is 11.6 Å². The van der Waals surface area contributed by atoms with Gasteiger partial charge in [-0.05, 0) is 24.9 Å². The molecule has 1 aliphatic rings. The Morgan fingerprint density at radius 3 is 2.88 bits per heavy atom. The number of hydrogen-bond donors (Lipinski definition) is 2. The first-order valence-corrected chi connectivity index (χ1v) is 8.15. The van der Waals surface area contributed by atoms with Gasteiger partial charge in [0.25, 0.3) is 0 Å². The first-order chi connectivity index (χ1) is 8.31. The maximum atomic E-state index is 4.49. The van der Waals surface area contributed by atoms with Crippen LogP contribution in [0.25, 0.3) is 0 Å². The van der Waals surface area contributed by atoms with E-state index in [0.29, 0.717) is 6.04 Å². The summed E-state index contributed by atoms with van der Waals surface area (Å²) in [6.45, 7) is 0. The topological polar surface area (TPSA) is 49.8 Å². The van der Waals surface area contributed by atoms with Crippen molar-refractivity contribution >= 4 is 35.2 Å². The van der Waals surface area contributed by atoms with Crippen LogP contribution in [0.3, 0.4) is 0 Å². The van der Waals surface area contributed by atoms with Crippen LogP contribution in [0.4, 0.5) is 11.6 Å². The Balaban J connectivity index is 2.07. The predicted octanol–water partition coefficient (Wildman–Crippen LogP) is 2.55. The van der Waals surface area contributed by atoms with Crippen molar-refractivity contribution in [1.29, 1.82) is 0 Å². The minimum atomic E-state index is 0.545. The van der Waals surface area contributed by atoms with Gasteiger partial charge in [-0.1, -0.05) is 11.8 Å². The zero-order valence-corrected chi connectivity index (χ0v) is 11.8. The first-order valence-electron chi connectivity index (χ1n) is 5.77. The molecule has 0 aromatic carbocycles. The van der Waals surface area contributed by atoms with E-state index in [-0.39, 0.29) is 0 Å². The van der Waals surface area contributed by atoms with E-state index in [1.54, 1.807) is 11.8 Å². The molecule has 1 unspecified atom stereocenters. The second-order valence-electron chi connectivity index (χ2n) is 3.93. The highest BCUT2D eigenvalue weighted by molar-refractivity contribution is 7.99. The highest BCUT2D eigenvalue weighted by atomic mass is 32.2. The quantitative estimate of drug-likeness (QED) is 0.648. The summed E-state index contributed by atoms with van der Waals surface area (Å²) in [6, 6.07) is 2.52. The maximum absolute atomic E-state index is 4.49. The third-order valence-electron chi connectivity index (χ3n) is 2.66. The van der Waals surface area contributed by atoms with Gasteiger partial charge in [-0.15, -0.1) is 0 Å². The predicted molar refractivity (Wildman–Crippen MR) is 77.3 cm³/mol. The van der Waals surface area contributed by atoms with Crippen LogP contribution in [-0.4, -0.2) is 40.8 Å². The molecular formula is C11H18N4S2. The van der Waals surface area contributed by atoms with Crippen molar-refractivity contribution in [3.8, 4) is 0 Å². The highest BCUT2D eigenvalue weighted by Gasteiger charge is 2.14. The Morgan fingerprint density at radius 1 is 1.41 bits per heavy atom. The lowest BCUT2D eigenvalue weighted by Crippen LogP contribution is -2.26. The Labute approximate surface area is 111 Å². The fraction of sp³-hybridized carbons (Fsp3) is 0.636. The molecule has 1 aromatic heterocycles. The van der Waals surface area contributed by atoms with Gasteiger partial charge in [-0.25, -0.2) is 9.97 Å². The molecule has 1 saturated heterocycles. The smallest absolute Gasteiger partial charge is 0.191 e. The van der Waals surface area contributed by atoms with Gasteiger partial charge in [0, 0.05) is 24.9 Å². The maximum Gasteiger partial charge on any atom is 0.191 e. The molecule has 6 heteroatoms. The summed E-state index contributed by atoms with van der Waals surface area (Å²) in [6.07, 6.45) is 4.52. The molecule has 2 N–H and O–H groups in total. The molecule has 17 heavy (non-hydrogen) atoms. The van der Waals surface area contributed by atoms with E-state index in [2.05, 4.69) is 20.6 Å². The van der Waals surface area contributed by atoms with E-state index in [9.17, 15) is 0 Å². The second kappa shape index (κ2) is 6.35. The second-order valence-corrected chi connectivity index (χ2v) is 5.86. The Bertz CT molecular complexity index is 344. The van der Waals surface area contributed by atoms with E-state index >= 15 is 0 Å². The Hall–Kier alpha value is -0.620. The van der Waals surface area contributed by atoms with Crippen molar-refractivity contribution in [3.63, 3.8) is 0 Å². The number of thioether (sulfide) groups is 2. The van der Waals surface area contributed by atoms with E-state index in [4.69, 9.17) is 0 Å². The third-order valence-corrected chi connectivity index (χ3v) is 4.42. The van der Waals surface area contributed by atoms with E-state index < -0.39 is 0 Å². The standard InChI is InChI=1S/C11H18N4S2/c1-12-9-6-10(15-11(14-9)16-2)13-8-4-3-5-17-7-8/h6,8H,3-5,7H2,1-2H3,(H2,12,13,14,15). The van der Waals surface area contributed by atoms with Crippen LogP contribution in [0.15, 0.2) is 11.2 Å². The minimum Gasteiger partial charge on any atom is -0.373 e. The van der Waals surface area contributed by atoms with Crippen LogP contribution in [0.1, 0.15) is 12.8 Å². The average molecular weight is 270 g/mol. The SMILES string of the molecule is CNc1cc(NC2CCCSC2)nc(SC)n1. The molecule has 0 radical (unpaired) electrons. The molecule has 0 aliphatic carbocycles. The lowest BCUT2D eigenvalue weighted by molar-refractivity contribution is 0.680. The van der Waals surface area contributed by atoms with E-state index in [1.165, 1.54) is 24.3 Å². The summed E-state index contributed by atoms with van der Waals surface area (Å²) in [5.41, 5.74) is 0. The van der Waals surface area contributed by atoms with Crippen molar-refractivity contribution in [2.24, 2.45) is 0 Å². The van der Waals surface area contributed by atoms with Crippen LogP contribution in [0, 0.1) is 0 Å². The van der Waals surface area contributed by atoms with Crippen LogP contribution >= 0.6 is 23.5 Å². The van der Waals surface area contributed by atoms with Crippen molar-refractivity contribution < 1.29 is 0 Å². The van der Waals surface area contributed by atoms with Gasteiger partial charge in [0.15, 0.2) is 5.16 Å². The average Bonchev–Trinajstić information content (AvgIpc) is 2.39. The number of nitrogens with one attached hydrogen (secondary N) is 2. The fourth-order valence-electron chi connectivity index (χ4n) is 1.78. The third kappa shape index (κ3) is 3.67. The van der Waals surface area contributed by atoms with Gasteiger partial charge >= 0.3 is 0 Å². The molecule has 4 nitrogen and oxygen atoms in total. The number of anilines is 2. The van der Waals surface area contributed by atoms with Gasteiger partial charge in [-0.3, -0.25) is 0 Å². The van der Waals surface area contributed by atoms with Gasteiger partial charge in [0.2, 0.25) is 0 Å². The summed E-state index contributed by atoms with van der Waals surface area (Å²) in [5.74, 6) is 4.27. The van der Waals surface area contributed by atoms with Crippen molar-refractivity contribution in [2.45, 2.75) is 24.0 Å². The number of hydrogen-bond acceptors (Lipinski definition) is 6. The van der Waals surface area contributed by atoms with Crippen LogP contribution < -0.4 is 10.6 Å². The van der Waals surface area contributed by atoms with Crippen molar-refractivity contribution in [1.82, 2.24) is 9.97 Å². The van der Waals surface area contributed by atoms with E-state index in [0.717, 1.165) is 16.8 Å². The molecule has 94 valence electrons. The largest absolute Gasteiger partial charge is 0.373 e. The molecule has 1 fully saturated rings. The summed E-state index contributed by atoms with van der Waals surface area (Å²) in [4.78, 5) is 8.84. The number of nitrogens with zero attached hydrogens (tertiary/aromatic N) is 2. The zero-order valence-electron chi connectivity index (χ0n) is 10.2. The molecule has 0 bridgehead atoms. The lowest BCUT2D eigenvalue weighted by atomic mass is 10.2. The van der Waals surface area contributed by atoms with Crippen molar-refractivity contribution in [3.05, 3.63) is 6.07 Å². The summed E-state index contributed by atoms with van der Waals surface area (Å²) >= 11 is 3.58. The summed E-state index contributed by atoms with van der Waals surface area (Å²) in [5, 5.41) is 7.38. The molecule has 1 atom stereocenters. The van der Waals surface area contributed by atoms with Crippen LogP contribution in [0.5, 0.6) is 0 Å². The van der Waals surface area contributed by atoms with Gasteiger partial charge in [0.05, 0.1) is 0 Å². The molecular weight excluding hydrogens is 252 g/mol. The molecule has 2 rings (SSSR count). The normalized spacial score (nSPS) is 20.0.